The largest absolute Gasteiger partial charge is 0.400 e. The van der Waals surface area contributed by atoms with E-state index in [0.29, 0.717) is 17.0 Å². The lowest BCUT2D eigenvalue weighted by Crippen LogP contribution is -2.02. The number of carbonyl (C=O) groups is 2. The molecule has 0 aliphatic heterocycles. The molecule has 1 N–H and O–H groups in total. The zero-order valence-electron chi connectivity index (χ0n) is 10.6. The maximum Gasteiger partial charge on any atom is 0.168 e. The average Bonchev–Trinajstić information content (AvgIpc) is 2.77. The number of hydrogen-bond acceptors (Lipinski definition) is 5. The number of hydrogen-bond donors (Lipinski definition) is 1. The number of aliphatic hydroxyl groups excluding tert-OH is 1. The lowest BCUT2D eigenvalue weighted by molar-refractivity contribution is 0.111. The molecule has 106 valence electrons. The standard InChI is InChI=1S/C10H10BrIN2O2S.CH4O/c1-13(2)4-9(11)8-3-7(5-15)14(17-12)10(8)6-16;1-2/h3-6H,1-2H3;2H,1H3/b9-4+;. The van der Waals surface area contributed by atoms with Gasteiger partial charge >= 0.3 is 0 Å². The van der Waals surface area contributed by atoms with Gasteiger partial charge in [-0.25, -0.2) is 0 Å². The summed E-state index contributed by atoms with van der Waals surface area (Å²) in [7, 11) is 6.05. The van der Waals surface area contributed by atoms with Crippen LogP contribution in [0.2, 0.25) is 0 Å². The van der Waals surface area contributed by atoms with E-state index in [4.69, 9.17) is 5.11 Å². The van der Waals surface area contributed by atoms with Gasteiger partial charge in [-0.1, -0.05) is 0 Å². The molecule has 1 aromatic heterocycles. The van der Waals surface area contributed by atoms with Gasteiger partial charge in [0.2, 0.25) is 0 Å². The van der Waals surface area contributed by atoms with E-state index in [2.05, 4.69) is 15.9 Å². The summed E-state index contributed by atoms with van der Waals surface area (Å²) in [4.78, 5) is 23.9. The minimum Gasteiger partial charge on any atom is -0.400 e. The molecule has 5 nitrogen and oxygen atoms in total. The molecule has 0 radical (unpaired) electrons. The minimum absolute atomic E-state index is 0.464. The van der Waals surface area contributed by atoms with Gasteiger partial charge in [-0.05, 0) is 22.0 Å². The van der Waals surface area contributed by atoms with E-state index in [0.717, 1.165) is 24.2 Å². The second-order valence-corrected chi connectivity index (χ2v) is 5.95. The predicted octanol–water partition coefficient (Wildman–Crippen LogP) is 2.82. The highest BCUT2D eigenvalue weighted by Gasteiger charge is 2.16. The maximum atomic E-state index is 11.1. The summed E-state index contributed by atoms with van der Waals surface area (Å²) in [5, 5.41) is 7.00. The topological polar surface area (TPSA) is 62.5 Å². The molecule has 1 rings (SSSR count). The molecule has 0 aromatic carbocycles. The van der Waals surface area contributed by atoms with Crippen molar-refractivity contribution in [3.05, 3.63) is 29.2 Å². The number of halogens is 2. The lowest BCUT2D eigenvalue weighted by atomic mass is 10.2. The number of aliphatic hydroxyl groups is 1. The molecular weight excluding hydrogens is 447 g/mol. The van der Waals surface area contributed by atoms with Crippen LogP contribution in [0.5, 0.6) is 0 Å². The first-order valence-electron chi connectivity index (χ1n) is 4.99. The summed E-state index contributed by atoms with van der Waals surface area (Å²) in [5.74, 6) is 0. The van der Waals surface area contributed by atoms with E-state index in [-0.39, 0.29) is 0 Å². The fourth-order valence-corrected chi connectivity index (χ4v) is 3.72. The molecule has 0 aliphatic rings. The van der Waals surface area contributed by atoms with Crippen molar-refractivity contribution < 1.29 is 14.7 Å². The van der Waals surface area contributed by atoms with Gasteiger partial charge in [0.05, 0.1) is 5.69 Å². The summed E-state index contributed by atoms with van der Waals surface area (Å²) < 4.78 is 2.36. The van der Waals surface area contributed by atoms with Crippen LogP contribution in [0.4, 0.5) is 0 Å². The van der Waals surface area contributed by atoms with Crippen molar-refractivity contribution in [2.45, 2.75) is 0 Å². The Kier molecular flexibility index (Phi) is 9.40. The van der Waals surface area contributed by atoms with Crippen LogP contribution in [0.1, 0.15) is 26.5 Å². The Morgan fingerprint density at radius 1 is 1.42 bits per heavy atom. The number of rotatable bonds is 5. The molecule has 0 amide bonds. The van der Waals surface area contributed by atoms with E-state index >= 15 is 0 Å². The summed E-state index contributed by atoms with van der Waals surface area (Å²) in [6, 6.07) is 1.69. The second-order valence-electron chi connectivity index (χ2n) is 3.41. The first-order valence-corrected chi connectivity index (χ1v) is 9.10. The van der Waals surface area contributed by atoms with E-state index < -0.39 is 0 Å². The molecule has 1 heterocycles. The summed E-state index contributed by atoms with van der Waals surface area (Å²) in [6.45, 7) is 0. The van der Waals surface area contributed by atoms with E-state index in [1.165, 1.54) is 9.12 Å². The summed E-state index contributed by atoms with van der Waals surface area (Å²) in [6.07, 6.45) is 3.32. The molecule has 0 atom stereocenters. The molecule has 0 unspecified atom stereocenters. The Morgan fingerprint density at radius 2 is 2.00 bits per heavy atom. The SMILES string of the molecule is CN(C)/C=C(/Br)c1cc(C=O)n(SI)c1C=O.CO. The number of nitrogens with zero attached hydrogens (tertiary/aromatic N) is 2. The zero-order chi connectivity index (χ0) is 15.0. The first kappa shape index (κ1) is 18.7. The van der Waals surface area contributed by atoms with E-state index in [1.807, 2.05) is 46.4 Å². The van der Waals surface area contributed by atoms with Crippen molar-refractivity contribution in [1.29, 1.82) is 0 Å². The highest BCUT2D eigenvalue weighted by atomic mass is 127. The molecule has 8 heteroatoms. The monoisotopic (exact) mass is 460 g/mol. The van der Waals surface area contributed by atoms with Crippen LogP contribution in [0.15, 0.2) is 12.3 Å². The fraction of sp³-hybridized carbons (Fsp3) is 0.273. The van der Waals surface area contributed by atoms with Crippen LogP contribution in [0.3, 0.4) is 0 Å². The molecule has 0 saturated carbocycles. The van der Waals surface area contributed by atoms with Gasteiger partial charge < -0.3 is 10.0 Å². The van der Waals surface area contributed by atoms with Crippen LogP contribution in [-0.4, -0.2) is 47.8 Å². The molecule has 1 aromatic rings. The third-order valence-corrected chi connectivity index (χ3v) is 4.31. The molecule has 19 heavy (non-hydrogen) atoms. The van der Waals surface area contributed by atoms with Crippen molar-refractivity contribution in [2.24, 2.45) is 0 Å². The molecule has 0 spiro atoms. The summed E-state index contributed by atoms with van der Waals surface area (Å²) in [5.41, 5.74) is 1.64. The van der Waals surface area contributed by atoms with Gasteiger partial charge in [0.1, 0.15) is 5.69 Å². The molecule has 0 fully saturated rings. The Labute approximate surface area is 136 Å². The smallest absolute Gasteiger partial charge is 0.168 e. The van der Waals surface area contributed by atoms with Crippen LogP contribution in [0.25, 0.3) is 4.48 Å². The van der Waals surface area contributed by atoms with Crippen molar-refractivity contribution in [3.63, 3.8) is 0 Å². The van der Waals surface area contributed by atoms with Crippen LogP contribution in [-0.2, 0) is 0 Å². The highest BCUT2D eigenvalue weighted by molar-refractivity contribution is 14.2. The number of carbonyl (C=O) groups excluding carboxylic acids is 2. The second kappa shape index (κ2) is 9.56. The maximum absolute atomic E-state index is 11.1. The van der Waals surface area contributed by atoms with Crippen LogP contribution >= 0.6 is 46.3 Å². The number of aldehydes is 2. The average molecular weight is 461 g/mol. The van der Waals surface area contributed by atoms with Gasteiger partial charge in [-0.3, -0.25) is 13.6 Å². The molecule has 0 bridgehead atoms. The van der Waals surface area contributed by atoms with Crippen LogP contribution in [0, 0.1) is 0 Å². The Hall–Kier alpha value is -0.320. The van der Waals surface area contributed by atoms with Gasteiger partial charge in [0.15, 0.2) is 12.6 Å². The lowest BCUT2D eigenvalue weighted by Gasteiger charge is -2.06. The first-order chi connectivity index (χ1) is 9.04. The van der Waals surface area contributed by atoms with Crippen molar-refractivity contribution in [3.8, 4) is 0 Å². The Balaban J connectivity index is 0.00000154. The Bertz CT molecular complexity index is 475. The van der Waals surface area contributed by atoms with Gasteiger partial charge in [0.25, 0.3) is 0 Å². The molecule has 0 aliphatic carbocycles. The third-order valence-electron chi connectivity index (χ3n) is 1.95. The van der Waals surface area contributed by atoms with Gasteiger partial charge in [-0.15, -0.1) is 0 Å². The van der Waals surface area contributed by atoms with Crippen molar-refractivity contribution in [2.75, 3.05) is 21.2 Å². The summed E-state index contributed by atoms with van der Waals surface area (Å²) >= 11 is 5.43. The zero-order valence-corrected chi connectivity index (χ0v) is 15.2. The minimum atomic E-state index is 0.464. The number of aromatic nitrogens is 1. The Morgan fingerprint density at radius 3 is 2.37 bits per heavy atom. The van der Waals surface area contributed by atoms with E-state index in [9.17, 15) is 9.59 Å². The van der Waals surface area contributed by atoms with Gasteiger partial charge in [-0.2, -0.15) is 0 Å². The quantitative estimate of drug-likeness (QED) is 0.540. The van der Waals surface area contributed by atoms with Crippen molar-refractivity contribution in [1.82, 2.24) is 8.87 Å². The molecular formula is C11H14BrIN2O3S. The van der Waals surface area contributed by atoms with E-state index in [1.54, 1.807) is 10.0 Å². The normalized spacial score (nSPS) is 10.5. The fourth-order valence-electron chi connectivity index (χ4n) is 1.29. The third kappa shape index (κ3) is 4.93. The predicted molar refractivity (Wildman–Crippen MR) is 90.9 cm³/mol. The highest BCUT2D eigenvalue weighted by Crippen LogP contribution is 2.31. The van der Waals surface area contributed by atoms with Gasteiger partial charge in [0, 0.05) is 67.8 Å². The van der Waals surface area contributed by atoms with Crippen molar-refractivity contribution >= 4 is 63.3 Å². The van der Waals surface area contributed by atoms with Crippen LogP contribution < -0.4 is 0 Å². The molecule has 0 saturated heterocycles.